The molecule has 0 aromatic heterocycles. The van der Waals surface area contributed by atoms with Gasteiger partial charge in [0.2, 0.25) is 5.91 Å². The second-order valence-electron chi connectivity index (χ2n) is 4.90. The van der Waals surface area contributed by atoms with Gasteiger partial charge in [0.15, 0.2) is 0 Å². The third kappa shape index (κ3) is 4.56. The first-order valence-corrected chi connectivity index (χ1v) is 7.99. The van der Waals surface area contributed by atoms with Crippen molar-refractivity contribution in [2.75, 3.05) is 10.8 Å². The number of hydrogen-bond donors (Lipinski definition) is 0. The van der Waals surface area contributed by atoms with Crippen LogP contribution < -0.4 is 4.90 Å². The highest BCUT2D eigenvalue weighted by Crippen LogP contribution is 2.32. The number of halogens is 6. The minimum absolute atomic E-state index is 0.0249. The summed E-state index contributed by atoms with van der Waals surface area (Å²) < 4.78 is 38.7. The van der Waals surface area contributed by atoms with Crippen molar-refractivity contribution in [2.45, 2.75) is 12.7 Å². The van der Waals surface area contributed by atoms with Crippen molar-refractivity contribution in [3.8, 4) is 0 Å². The summed E-state index contributed by atoms with van der Waals surface area (Å²) in [6.45, 7) is -0.0249. The molecule has 0 saturated heterocycles. The van der Waals surface area contributed by atoms with E-state index in [1.165, 1.54) is 18.2 Å². The van der Waals surface area contributed by atoms with Crippen molar-refractivity contribution in [3.63, 3.8) is 0 Å². The fraction of sp³-hybridized carbons (Fsp3) is 0.188. The van der Waals surface area contributed by atoms with Crippen molar-refractivity contribution >= 4 is 46.4 Å². The van der Waals surface area contributed by atoms with E-state index in [-0.39, 0.29) is 18.1 Å². The second-order valence-corrected chi connectivity index (χ2v) is 6.01. The largest absolute Gasteiger partial charge is 0.416 e. The molecule has 2 aromatic carbocycles. The molecular weight excluding hydrogens is 386 g/mol. The summed E-state index contributed by atoms with van der Waals surface area (Å²) in [6.07, 6.45) is -4.51. The summed E-state index contributed by atoms with van der Waals surface area (Å²) in [6, 6.07) is 9.15. The Kier molecular flexibility index (Phi) is 6.01. The summed E-state index contributed by atoms with van der Waals surface area (Å²) in [5.74, 6) is -0.913. The molecule has 2 rings (SSSR count). The molecule has 0 N–H and O–H groups in total. The van der Waals surface area contributed by atoms with E-state index in [0.717, 1.165) is 17.0 Å². The van der Waals surface area contributed by atoms with Gasteiger partial charge in [-0.25, -0.2) is 0 Å². The average Bonchev–Trinajstić information content (AvgIpc) is 2.53. The van der Waals surface area contributed by atoms with E-state index in [2.05, 4.69) is 0 Å². The number of carbonyl (C=O) groups excluding carboxylic acids is 1. The number of anilines is 1. The van der Waals surface area contributed by atoms with Crippen molar-refractivity contribution in [1.82, 2.24) is 0 Å². The van der Waals surface area contributed by atoms with Gasteiger partial charge >= 0.3 is 6.18 Å². The minimum atomic E-state index is -4.51. The quantitative estimate of drug-likeness (QED) is 0.600. The fourth-order valence-electron chi connectivity index (χ4n) is 2.07. The van der Waals surface area contributed by atoms with Crippen molar-refractivity contribution in [2.24, 2.45) is 0 Å². The van der Waals surface area contributed by atoms with Gasteiger partial charge < -0.3 is 4.90 Å². The molecule has 0 aliphatic carbocycles. The predicted octanol–water partition coefficient (Wildman–Crippen LogP) is 5.78. The van der Waals surface area contributed by atoms with Gasteiger partial charge in [-0.05, 0) is 35.9 Å². The van der Waals surface area contributed by atoms with Crippen LogP contribution in [0.25, 0.3) is 0 Å². The Bertz CT molecular complexity index is 750. The summed E-state index contributed by atoms with van der Waals surface area (Å²) >= 11 is 17.5. The van der Waals surface area contributed by atoms with Gasteiger partial charge in [0, 0.05) is 15.7 Å². The molecule has 0 unspecified atom stereocenters. The normalized spacial score (nSPS) is 11.4. The first-order valence-electron chi connectivity index (χ1n) is 6.70. The first kappa shape index (κ1) is 18.9. The lowest BCUT2D eigenvalue weighted by Crippen LogP contribution is -2.31. The van der Waals surface area contributed by atoms with Crippen LogP contribution >= 0.6 is 34.8 Å². The number of amides is 1. The Hall–Kier alpha value is -1.43. The van der Waals surface area contributed by atoms with Gasteiger partial charge in [-0.15, -0.1) is 11.6 Å². The Labute approximate surface area is 151 Å². The molecule has 0 bridgehead atoms. The maximum atomic E-state index is 12.9. The molecule has 2 aromatic rings. The summed E-state index contributed by atoms with van der Waals surface area (Å²) in [7, 11) is 0. The van der Waals surface area contributed by atoms with Crippen LogP contribution in [0, 0.1) is 0 Å². The van der Waals surface area contributed by atoms with E-state index in [9.17, 15) is 18.0 Å². The molecule has 0 aliphatic heterocycles. The van der Waals surface area contributed by atoms with E-state index >= 15 is 0 Å². The van der Waals surface area contributed by atoms with Crippen molar-refractivity contribution in [1.29, 1.82) is 0 Å². The van der Waals surface area contributed by atoms with Crippen LogP contribution in [0.15, 0.2) is 42.5 Å². The van der Waals surface area contributed by atoms with E-state index in [4.69, 9.17) is 34.8 Å². The second kappa shape index (κ2) is 7.64. The molecular formula is C16H11Cl3F3NO. The van der Waals surface area contributed by atoms with Crippen LogP contribution in [0.5, 0.6) is 0 Å². The highest BCUT2D eigenvalue weighted by molar-refractivity contribution is 6.35. The van der Waals surface area contributed by atoms with Crippen LogP contribution in [-0.4, -0.2) is 11.8 Å². The fourth-order valence-corrected chi connectivity index (χ4v) is 2.68. The molecule has 0 radical (unpaired) electrons. The van der Waals surface area contributed by atoms with Crippen LogP contribution in [0.4, 0.5) is 18.9 Å². The lowest BCUT2D eigenvalue weighted by atomic mass is 10.1. The standard InChI is InChI=1S/C16H11Cl3F3NO/c17-8-15(24)23(9-10-4-5-12(18)7-14(10)19)13-3-1-2-11(6-13)16(20,21)22/h1-7H,8-9H2. The number of alkyl halides is 4. The molecule has 0 aliphatic rings. The third-order valence-corrected chi connectivity index (χ3v) is 4.06. The summed E-state index contributed by atoms with van der Waals surface area (Å²) in [4.78, 5) is 13.2. The van der Waals surface area contributed by atoms with Gasteiger partial charge in [0.1, 0.15) is 5.88 Å². The lowest BCUT2D eigenvalue weighted by molar-refractivity contribution is -0.137. The average molecular weight is 397 g/mol. The number of benzene rings is 2. The molecule has 0 heterocycles. The van der Waals surface area contributed by atoms with Gasteiger partial charge in [-0.2, -0.15) is 13.2 Å². The zero-order chi connectivity index (χ0) is 17.9. The van der Waals surface area contributed by atoms with Crippen LogP contribution in [0.1, 0.15) is 11.1 Å². The van der Waals surface area contributed by atoms with E-state index < -0.39 is 17.6 Å². The predicted molar refractivity (Wildman–Crippen MR) is 89.8 cm³/mol. The molecule has 1 amide bonds. The Morgan fingerprint density at radius 1 is 1.08 bits per heavy atom. The maximum Gasteiger partial charge on any atom is 0.416 e. The number of carbonyl (C=O) groups is 1. The number of hydrogen-bond acceptors (Lipinski definition) is 1. The summed E-state index contributed by atoms with van der Waals surface area (Å²) in [5, 5.41) is 0.722. The van der Waals surface area contributed by atoms with Crippen LogP contribution in [0.3, 0.4) is 0 Å². The zero-order valence-corrected chi connectivity index (χ0v) is 14.3. The highest BCUT2D eigenvalue weighted by atomic mass is 35.5. The van der Waals surface area contributed by atoms with Gasteiger partial charge in [-0.1, -0.05) is 35.3 Å². The smallest absolute Gasteiger partial charge is 0.307 e. The topological polar surface area (TPSA) is 20.3 Å². The Morgan fingerprint density at radius 3 is 2.38 bits per heavy atom. The molecule has 0 fully saturated rings. The molecule has 0 atom stereocenters. The highest BCUT2D eigenvalue weighted by Gasteiger charge is 2.31. The van der Waals surface area contributed by atoms with Crippen LogP contribution in [0.2, 0.25) is 10.0 Å². The molecule has 0 spiro atoms. The minimum Gasteiger partial charge on any atom is -0.307 e. The number of nitrogens with zero attached hydrogens (tertiary/aromatic N) is 1. The molecule has 0 saturated carbocycles. The van der Waals surface area contributed by atoms with E-state index in [1.807, 2.05) is 0 Å². The molecule has 8 heteroatoms. The molecule has 2 nitrogen and oxygen atoms in total. The zero-order valence-electron chi connectivity index (χ0n) is 12.1. The van der Waals surface area contributed by atoms with Crippen molar-refractivity contribution < 1.29 is 18.0 Å². The third-order valence-electron chi connectivity index (χ3n) is 3.24. The van der Waals surface area contributed by atoms with Crippen molar-refractivity contribution in [3.05, 3.63) is 63.6 Å². The SMILES string of the molecule is O=C(CCl)N(Cc1ccc(Cl)cc1Cl)c1cccc(C(F)(F)F)c1. The van der Waals surface area contributed by atoms with E-state index in [1.54, 1.807) is 12.1 Å². The lowest BCUT2D eigenvalue weighted by Gasteiger charge is -2.23. The monoisotopic (exact) mass is 395 g/mol. The first-order chi connectivity index (χ1) is 11.2. The number of rotatable bonds is 4. The van der Waals surface area contributed by atoms with Gasteiger partial charge in [0.25, 0.3) is 0 Å². The molecule has 24 heavy (non-hydrogen) atoms. The van der Waals surface area contributed by atoms with Crippen LogP contribution in [-0.2, 0) is 17.5 Å². The molecule has 128 valence electrons. The Morgan fingerprint density at radius 2 is 1.79 bits per heavy atom. The van der Waals surface area contributed by atoms with E-state index in [0.29, 0.717) is 15.6 Å². The summed E-state index contributed by atoms with van der Waals surface area (Å²) in [5.41, 5.74) is -0.229. The Balaban J connectivity index is 2.41. The maximum absolute atomic E-state index is 12.9. The van der Waals surface area contributed by atoms with Gasteiger partial charge in [0.05, 0.1) is 12.1 Å². The van der Waals surface area contributed by atoms with Gasteiger partial charge in [-0.3, -0.25) is 4.79 Å².